The first-order valence-electron chi connectivity index (χ1n) is 3.88. The van der Waals surface area contributed by atoms with E-state index in [0.717, 1.165) is 0 Å². The zero-order valence-electron chi connectivity index (χ0n) is 8.78. The molecular formula is C8H20O4Ti. The zero-order chi connectivity index (χ0) is 9.98. The average molecular weight is 228 g/mol. The van der Waals surface area contributed by atoms with Crippen molar-refractivity contribution in [3.63, 3.8) is 0 Å². The van der Waals surface area contributed by atoms with Crippen LogP contribution in [0.15, 0.2) is 0 Å². The van der Waals surface area contributed by atoms with Crippen molar-refractivity contribution in [2.24, 2.45) is 0 Å². The van der Waals surface area contributed by atoms with Crippen molar-refractivity contribution in [3.05, 3.63) is 0 Å². The predicted octanol–water partition coefficient (Wildman–Crippen LogP) is 0.0247. The fourth-order valence-electron chi connectivity index (χ4n) is 0.482. The van der Waals surface area contributed by atoms with Crippen molar-refractivity contribution in [1.82, 2.24) is 0 Å². The van der Waals surface area contributed by atoms with E-state index in [-0.39, 0.29) is 33.9 Å². The van der Waals surface area contributed by atoms with Crippen molar-refractivity contribution >= 4 is 0 Å². The van der Waals surface area contributed by atoms with Crippen molar-refractivity contribution in [2.45, 2.75) is 26.1 Å². The molecule has 0 aromatic heterocycles. The molecule has 13 heavy (non-hydrogen) atoms. The fraction of sp³-hybridized carbons (Fsp3) is 1.00. The van der Waals surface area contributed by atoms with Crippen LogP contribution in [0.25, 0.3) is 0 Å². The predicted molar refractivity (Wildman–Crippen MR) is 47.1 cm³/mol. The molecule has 80 valence electrons. The SMILES string of the molecule is COCC(C)O.COCC(C)O.[Ti]. The molecule has 0 amide bonds. The van der Waals surface area contributed by atoms with Gasteiger partial charge in [0.2, 0.25) is 0 Å². The fourth-order valence-corrected chi connectivity index (χ4v) is 0.482. The summed E-state index contributed by atoms with van der Waals surface area (Å²) in [6, 6.07) is 0. The van der Waals surface area contributed by atoms with Gasteiger partial charge < -0.3 is 19.7 Å². The Labute approximate surface area is 95.1 Å². The molecule has 0 aliphatic carbocycles. The minimum atomic E-state index is -0.324. The van der Waals surface area contributed by atoms with E-state index in [0.29, 0.717) is 13.2 Å². The molecule has 2 N–H and O–H groups in total. The van der Waals surface area contributed by atoms with Gasteiger partial charge in [0.25, 0.3) is 0 Å². The van der Waals surface area contributed by atoms with E-state index in [2.05, 4.69) is 9.47 Å². The molecule has 0 saturated heterocycles. The second kappa shape index (κ2) is 15.0. The standard InChI is InChI=1S/2C4H10O2.Ti/c2*1-4(5)3-6-2;/h2*4-5H,3H2,1-2H3;. The van der Waals surface area contributed by atoms with Gasteiger partial charge in [-0.1, -0.05) is 0 Å². The van der Waals surface area contributed by atoms with Crippen molar-refractivity contribution in [2.75, 3.05) is 27.4 Å². The number of hydrogen-bond acceptors (Lipinski definition) is 4. The Kier molecular flexibility index (Phi) is 22.2. The van der Waals surface area contributed by atoms with Gasteiger partial charge in [0.15, 0.2) is 0 Å². The first kappa shape index (κ1) is 19.2. The molecule has 4 nitrogen and oxygen atoms in total. The molecular weight excluding hydrogens is 208 g/mol. The quantitative estimate of drug-likeness (QED) is 0.666. The van der Waals surface area contributed by atoms with E-state index in [1.807, 2.05) is 0 Å². The Bertz CT molecular complexity index is 68.5. The minimum Gasteiger partial charge on any atom is -0.391 e. The van der Waals surface area contributed by atoms with Gasteiger partial charge in [-0.2, -0.15) is 0 Å². The summed E-state index contributed by atoms with van der Waals surface area (Å²) in [6.45, 7) is 4.23. The monoisotopic (exact) mass is 228 g/mol. The van der Waals surface area contributed by atoms with Crippen molar-refractivity contribution in [1.29, 1.82) is 0 Å². The molecule has 0 aliphatic heterocycles. The summed E-state index contributed by atoms with van der Waals surface area (Å²) in [7, 11) is 3.12. The second-order valence-corrected chi connectivity index (χ2v) is 2.61. The maximum Gasteiger partial charge on any atom is 0.0745 e. The molecule has 0 fully saturated rings. The summed E-state index contributed by atoms with van der Waals surface area (Å²) < 4.78 is 9.11. The van der Waals surface area contributed by atoms with E-state index in [1.54, 1.807) is 28.1 Å². The molecule has 2 atom stereocenters. The van der Waals surface area contributed by atoms with Gasteiger partial charge in [0.1, 0.15) is 0 Å². The topological polar surface area (TPSA) is 58.9 Å². The molecule has 0 spiro atoms. The van der Waals surface area contributed by atoms with Gasteiger partial charge in [-0.3, -0.25) is 0 Å². The first-order valence-corrected chi connectivity index (χ1v) is 3.88. The number of aliphatic hydroxyl groups excluding tert-OH is 2. The number of aliphatic hydroxyl groups is 2. The molecule has 0 bridgehead atoms. The first-order chi connectivity index (χ1) is 5.54. The van der Waals surface area contributed by atoms with E-state index in [4.69, 9.17) is 10.2 Å². The normalized spacial score (nSPS) is 13.4. The summed E-state index contributed by atoms with van der Waals surface area (Å²) >= 11 is 0. The van der Waals surface area contributed by atoms with Crippen LogP contribution in [-0.4, -0.2) is 49.9 Å². The van der Waals surface area contributed by atoms with Gasteiger partial charge in [-0.25, -0.2) is 0 Å². The summed E-state index contributed by atoms with van der Waals surface area (Å²) in [5.41, 5.74) is 0. The maximum atomic E-state index is 8.43. The third-order valence-corrected chi connectivity index (χ3v) is 0.816. The van der Waals surface area contributed by atoms with Crippen LogP contribution < -0.4 is 0 Å². The van der Waals surface area contributed by atoms with Crippen LogP contribution >= 0.6 is 0 Å². The van der Waals surface area contributed by atoms with Gasteiger partial charge in [0.05, 0.1) is 25.4 Å². The summed E-state index contributed by atoms with van der Waals surface area (Å²) in [4.78, 5) is 0. The van der Waals surface area contributed by atoms with Gasteiger partial charge in [-0.15, -0.1) is 0 Å². The van der Waals surface area contributed by atoms with Crippen LogP contribution in [0.3, 0.4) is 0 Å². The van der Waals surface area contributed by atoms with E-state index >= 15 is 0 Å². The molecule has 0 saturated carbocycles. The van der Waals surface area contributed by atoms with Gasteiger partial charge >= 0.3 is 0 Å². The molecule has 5 heteroatoms. The van der Waals surface area contributed by atoms with Gasteiger partial charge in [0, 0.05) is 35.9 Å². The third kappa shape index (κ3) is 32.6. The summed E-state index contributed by atoms with van der Waals surface area (Å²) in [6.07, 6.45) is -0.648. The smallest absolute Gasteiger partial charge is 0.0745 e. The number of hydrogen-bond donors (Lipinski definition) is 2. The van der Waals surface area contributed by atoms with Gasteiger partial charge in [-0.05, 0) is 13.8 Å². The molecule has 0 rings (SSSR count). The van der Waals surface area contributed by atoms with Crippen LogP contribution in [0.2, 0.25) is 0 Å². The minimum absolute atomic E-state index is 0. The van der Waals surface area contributed by atoms with Crippen LogP contribution in [0, 0.1) is 0 Å². The summed E-state index contributed by atoms with van der Waals surface area (Å²) in [5.74, 6) is 0. The Morgan fingerprint density at radius 2 is 1.15 bits per heavy atom. The Balaban J connectivity index is -0.000000143. The Morgan fingerprint density at radius 1 is 0.923 bits per heavy atom. The van der Waals surface area contributed by atoms with Crippen LogP contribution in [-0.2, 0) is 31.2 Å². The molecule has 0 aliphatic rings. The van der Waals surface area contributed by atoms with Crippen LogP contribution in [0.1, 0.15) is 13.8 Å². The molecule has 0 aromatic carbocycles. The van der Waals surface area contributed by atoms with E-state index < -0.39 is 0 Å². The molecule has 2 unspecified atom stereocenters. The van der Waals surface area contributed by atoms with E-state index in [9.17, 15) is 0 Å². The zero-order valence-corrected chi connectivity index (χ0v) is 10.3. The molecule has 0 aromatic rings. The number of rotatable bonds is 4. The molecule has 0 radical (unpaired) electrons. The molecule has 0 heterocycles. The third-order valence-electron chi connectivity index (χ3n) is 0.816. The van der Waals surface area contributed by atoms with Crippen molar-refractivity contribution < 1.29 is 41.4 Å². The largest absolute Gasteiger partial charge is 0.391 e. The second-order valence-electron chi connectivity index (χ2n) is 2.61. The van der Waals surface area contributed by atoms with Crippen LogP contribution in [0.5, 0.6) is 0 Å². The maximum absolute atomic E-state index is 8.43. The number of methoxy groups -OCH3 is 2. The Morgan fingerprint density at radius 3 is 1.15 bits per heavy atom. The summed E-state index contributed by atoms with van der Waals surface area (Å²) in [5, 5.41) is 16.9. The van der Waals surface area contributed by atoms with Crippen molar-refractivity contribution in [3.8, 4) is 0 Å². The van der Waals surface area contributed by atoms with E-state index in [1.165, 1.54) is 0 Å². The van der Waals surface area contributed by atoms with Crippen LogP contribution in [0.4, 0.5) is 0 Å². The average Bonchev–Trinajstić information content (AvgIpc) is 1.87. The number of ether oxygens (including phenoxy) is 2. The Hall–Kier alpha value is 0.554.